The second-order valence-electron chi connectivity index (χ2n) is 7.88. The van der Waals surface area contributed by atoms with Crippen molar-refractivity contribution in [1.82, 2.24) is 9.80 Å². The van der Waals surface area contributed by atoms with Crippen molar-refractivity contribution in [2.24, 2.45) is 0 Å². The van der Waals surface area contributed by atoms with Crippen molar-refractivity contribution in [2.45, 2.75) is 26.1 Å². The molecule has 0 N–H and O–H groups in total. The molecule has 2 heterocycles. The highest BCUT2D eigenvalue weighted by Crippen LogP contribution is 2.26. The highest BCUT2D eigenvalue weighted by molar-refractivity contribution is 5.77. The van der Waals surface area contributed by atoms with E-state index in [0.29, 0.717) is 32.9 Å². The third kappa shape index (κ3) is 5.19. The predicted octanol–water partition coefficient (Wildman–Crippen LogP) is 2.63. The maximum Gasteiger partial charge on any atom is 0.248 e. The predicted molar refractivity (Wildman–Crippen MR) is 114 cm³/mol. The highest BCUT2D eigenvalue weighted by atomic mass is 16.5. The van der Waals surface area contributed by atoms with Gasteiger partial charge in [-0.1, -0.05) is 30.3 Å². The lowest BCUT2D eigenvalue weighted by Crippen LogP contribution is -2.35. The largest absolute Gasteiger partial charge is 0.491 e. The maximum absolute atomic E-state index is 12.5. The Hall–Kier alpha value is -2.41. The van der Waals surface area contributed by atoms with Gasteiger partial charge in [0.15, 0.2) is 0 Å². The van der Waals surface area contributed by atoms with E-state index in [-0.39, 0.29) is 12.5 Å². The van der Waals surface area contributed by atoms with Gasteiger partial charge in [0.05, 0.1) is 19.8 Å². The van der Waals surface area contributed by atoms with Crippen LogP contribution < -0.4 is 4.74 Å². The molecule has 0 aliphatic carbocycles. The SMILES string of the molecule is COCCOCC(=O)N1CCOc2ccc(CN3CCc4ccccc4C3)cc2C1. The van der Waals surface area contributed by atoms with E-state index in [0.717, 1.165) is 37.4 Å². The van der Waals surface area contributed by atoms with Crippen LogP contribution in [0.15, 0.2) is 42.5 Å². The molecule has 1 amide bonds. The quantitative estimate of drug-likeness (QED) is 0.657. The van der Waals surface area contributed by atoms with E-state index in [1.807, 2.05) is 11.0 Å². The van der Waals surface area contributed by atoms with Crippen molar-refractivity contribution >= 4 is 5.91 Å². The summed E-state index contributed by atoms with van der Waals surface area (Å²) in [5.74, 6) is 0.860. The fourth-order valence-electron chi connectivity index (χ4n) is 4.10. The average molecular weight is 411 g/mol. The van der Waals surface area contributed by atoms with Gasteiger partial charge in [-0.15, -0.1) is 0 Å². The first-order valence-corrected chi connectivity index (χ1v) is 10.6. The van der Waals surface area contributed by atoms with Gasteiger partial charge >= 0.3 is 0 Å². The van der Waals surface area contributed by atoms with E-state index >= 15 is 0 Å². The van der Waals surface area contributed by atoms with Crippen molar-refractivity contribution in [3.8, 4) is 5.75 Å². The zero-order valence-electron chi connectivity index (χ0n) is 17.6. The number of rotatable bonds is 7. The summed E-state index contributed by atoms with van der Waals surface area (Å²) >= 11 is 0. The Kier molecular flexibility index (Phi) is 7.00. The van der Waals surface area contributed by atoms with Crippen LogP contribution >= 0.6 is 0 Å². The number of hydrogen-bond acceptors (Lipinski definition) is 5. The molecular formula is C24H30N2O4. The van der Waals surface area contributed by atoms with Gasteiger partial charge in [-0.2, -0.15) is 0 Å². The lowest BCUT2D eigenvalue weighted by molar-refractivity contribution is -0.137. The molecule has 2 aromatic carbocycles. The topological polar surface area (TPSA) is 51.2 Å². The van der Waals surface area contributed by atoms with Gasteiger partial charge in [-0.25, -0.2) is 0 Å². The number of amides is 1. The van der Waals surface area contributed by atoms with Gasteiger partial charge in [0.1, 0.15) is 19.0 Å². The number of carbonyl (C=O) groups excluding carboxylic acids is 1. The molecular weight excluding hydrogens is 380 g/mol. The molecule has 0 spiro atoms. The standard InChI is InChI=1S/C24H30N2O4/c1-28-12-13-29-18-24(27)26-10-11-30-23-7-6-19(14-22(23)17-26)15-25-9-8-20-4-2-3-5-21(20)16-25/h2-7,14H,8-13,15-18H2,1H3. The zero-order valence-corrected chi connectivity index (χ0v) is 17.6. The number of methoxy groups -OCH3 is 1. The molecule has 4 rings (SSSR count). The molecule has 160 valence electrons. The van der Waals surface area contributed by atoms with Gasteiger partial charge in [-0.3, -0.25) is 9.69 Å². The Labute approximate surface area is 178 Å². The molecule has 6 nitrogen and oxygen atoms in total. The van der Waals surface area contributed by atoms with Crippen molar-refractivity contribution in [3.63, 3.8) is 0 Å². The number of fused-ring (bicyclic) bond motifs is 2. The zero-order chi connectivity index (χ0) is 20.8. The van der Waals surface area contributed by atoms with E-state index in [9.17, 15) is 4.79 Å². The summed E-state index contributed by atoms with van der Waals surface area (Å²) in [6.45, 7) is 5.55. The molecule has 0 unspecified atom stereocenters. The second-order valence-corrected chi connectivity index (χ2v) is 7.88. The summed E-state index contributed by atoms with van der Waals surface area (Å²) in [6.07, 6.45) is 1.09. The van der Waals surface area contributed by atoms with Crippen molar-refractivity contribution in [3.05, 3.63) is 64.7 Å². The van der Waals surface area contributed by atoms with Gasteiger partial charge in [0, 0.05) is 38.9 Å². The third-order valence-electron chi connectivity index (χ3n) is 5.73. The first-order valence-electron chi connectivity index (χ1n) is 10.6. The Morgan fingerprint density at radius 2 is 1.90 bits per heavy atom. The summed E-state index contributed by atoms with van der Waals surface area (Å²) < 4.78 is 16.3. The van der Waals surface area contributed by atoms with Crippen LogP contribution in [0.5, 0.6) is 5.75 Å². The summed E-state index contributed by atoms with van der Waals surface area (Å²) in [5.41, 5.74) is 5.20. The normalized spacial score (nSPS) is 16.4. The minimum Gasteiger partial charge on any atom is -0.491 e. The lowest BCUT2D eigenvalue weighted by atomic mass is 9.99. The van der Waals surface area contributed by atoms with Crippen LogP contribution in [0.2, 0.25) is 0 Å². The summed E-state index contributed by atoms with van der Waals surface area (Å²) in [4.78, 5) is 16.8. The molecule has 6 heteroatoms. The van der Waals surface area contributed by atoms with Crippen molar-refractivity contribution in [2.75, 3.05) is 46.6 Å². The number of carbonyl (C=O) groups is 1. The Balaban J connectivity index is 1.39. The number of benzene rings is 2. The van der Waals surface area contributed by atoms with E-state index in [2.05, 4.69) is 41.3 Å². The van der Waals surface area contributed by atoms with E-state index in [1.165, 1.54) is 16.7 Å². The first kappa shape index (κ1) is 20.8. The lowest BCUT2D eigenvalue weighted by Gasteiger charge is -2.29. The molecule has 0 radical (unpaired) electrons. The minimum atomic E-state index is -0.0133. The summed E-state index contributed by atoms with van der Waals surface area (Å²) in [7, 11) is 1.62. The van der Waals surface area contributed by atoms with Crippen LogP contribution in [-0.4, -0.2) is 62.3 Å². The van der Waals surface area contributed by atoms with Gasteiger partial charge in [0.25, 0.3) is 0 Å². The highest BCUT2D eigenvalue weighted by Gasteiger charge is 2.21. The van der Waals surface area contributed by atoms with Crippen molar-refractivity contribution < 1.29 is 19.0 Å². The van der Waals surface area contributed by atoms with E-state index in [1.54, 1.807) is 7.11 Å². The van der Waals surface area contributed by atoms with Crippen LogP contribution in [0, 0.1) is 0 Å². The Morgan fingerprint density at radius 3 is 2.77 bits per heavy atom. The third-order valence-corrected chi connectivity index (χ3v) is 5.73. The van der Waals surface area contributed by atoms with Crippen LogP contribution in [0.4, 0.5) is 0 Å². The molecule has 0 bridgehead atoms. The number of nitrogens with zero attached hydrogens (tertiary/aromatic N) is 2. The van der Waals surface area contributed by atoms with Crippen molar-refractivity contribution in [1.29, 1.82) is 0 Å². The molecule has 0 atom stereocenters. The molecule has 2 aromatic rings. The van der Waals surface area contributed by atoms with E-state index < -0.39 is 0 Å². The van der Waals surface area contributed by atoms with Gasteiger partial charge in [0.2, 0.25) is 5.91 Å². The van der Waals surface area contributed by atoms with Crippen LogP contribution in [0.25, 0.3) is 0 Å². The van der Waals surface area contributed by atoms with Crippen LogP contribution in [0.1, 0.15) is 22.3 Å². The summed E-state index contributed by atoms with van der Waals surface area (Å²) in [6, 6.07) is 15.1. The van der Waals surface area contributed by atoms with Gasteiger partial charge in [-0.05, 0) is 35.2 Å². The summed E-state index contributed by atoms with van der Waals surface area (Å²) in [5, 5.41) is 0. The first-order chi connectivity index (χ1) is 14.7. The monoisotopic (exact) mass is 410 g/mol. The van der Waals surface area contributed by atoms with E-state index in [4.69, 9.17) is 14.2 Å². The Morgan fingerprint density at radius 1 is 1.03 bits per heavy atom. The maximum atomic E-state index is 12.5. The van der Waals surface area contributed by atoms with Crippen LogP contribution in [-0.2, 0) is 40.3 Å². The van der Waals surface area contributed by atoms with Gasteiger partial charge < -0.3 is 19.1 Å². The molecule has 2 aliphatic heterocycles. The molecule has 0 saturated carbocycles. The van der Waals surface area contributed by atoms with Crippen LogP contribution in [0.3, 0.4) is 0 Å². The fourth-order valence-corrected chi connectivity index (χ4v) is 4.10. The smallest absolute Gasteiger partial charge is 0.248 e. The fraction of sp³-hybridized carbons (Fsp3) is 0.458. The molecule has 0 fully saturated rings. The molecule has 0 saturated heterocycles. The molecule has 2 aliphatic rings. The average Bonchev–Trinajstić information content (AvgIpc) is 2.99. The molecule has 30 heavy (non-hydrogen) atoms. The number of ether oxygens (including phenoxy) is 3. The second kappa shape index (κ2) is 10.1. The molecule has 0 aromatic heterocycles. The minimum absolute atomic E-state index is 0.0133. The Bertz CT molecular complexity index is 870. The number of hydrogen-bond donors (Lipinski definition) is 0.